The normalized spacial score (nSPS) is 15.0. The number of ether oxygens (including phenoxy) is 1. The van der Waals surface area contributed by atoms with Gasteiger partial charge in [0.05, 0.1) is 29.1 Å². The Morgan fingerprint density at radius 1 is 1.41 bits per heavy atom. The van der Waals surface area contributed by atoms with E-state index in [0.717, 1.165) is 11.1 Å². The number of aliphatic hydroxyl groups excluding tert-OH is 1. The molecule has 1 aromatic carbocycles. The van der Waals surface area contributed by atoms with Crippen LogP contribution < -0.4 is 5.32 Å². The summed E-state index contributed by atoms with van der Waals surface area (Å²) < 4.78 is 5.50. The Kier molecular flexibility index (Phi) is 5.37. The first-order valence-electron chi connectivity index (χ1n) is 8.66. The number of carbonyl (C=O) groups excluding carboxylic acids is 1. The molecular weight excluding hydrogens is 368 g/mol. The zero-order chi connectivity index (χ0) is 19.8. The molecule has 2 N–H and O–H groups in total. The number of halogens is 1. The summed E-state index contributed by atoms with van der Waals surface area (Å²) >= 11 is 6.24. The largest absolute Gasteiger partial charge is 0.366 e. The molecule has 1 unspecified atom stereocenters. The molecule has 1 aliphatic rings. The minimum absolute atomic E-state index is 0.109. The van der Waals surface area contributed by atoms with Crippen LogP contribution in [-0.4, -0.2) is 51.4 Å². The number of aromatic nitrogens is 2. The molecule has 0 spiro atoms. The number of benzene rings is 1. The van der Waals surface area contributed by atoms with Gasteiger partial charge in [0, 0.05) is 24.7 Å². The third-order valence-electron chi connectivity index (χ3n) is 4.10. The minimum atomic E-state index is -1.04. The van der Waals surface area contributed by atoms with E-state index in [1.807, 2.05) is 32.9 Å². The average molecular weight is 391 g/mol. The highest BCUT2D eigenvalue weighted by atomic mass is 35.5. The molecule has 1 aromatic heterocycles. The Bertz CT molecular complexity index is 867. The number of hydrogen-bond acceptors (Lipinski definition) is 6. The van der Waals surface area contributed by atoms with Gasteiger partial charge in [0.15, 0.2) is 6.29 Å². The van der Waals surface area contributed by atoms with E-state index in [2.05, 4.69) is 15.3 Å². The predicted octanol–water partition coefficient (Wildman–Crippen LogP) is 2.93. The molecule has 0 saturated heterocycles. The summed E-state index contributed by atoms with van der Waals surface area (Å²) in [7, 11) is 1.72. The molecule has 144 valence electrons. The van der Waals surface area contributed by atoms with E-state index in [-0.39, 0.29) is 12.5 Å². The maximum absolute atomic E-state index is 12.8. The van der Waals surface area contributed by atoms with Crippen molar-refractivity contribution in [2.75, 3.05) is 18.9 Å². The fourth-order valence-electron chi connectivity index (χ4n) is 2.98. The molecule has 0 saturated carbocycles. The molecule has 1 aliphatic heterocycles. The molecule has 0 aliphatic carbocycles. The Morgan fingerprint density at radius 3 is 2.81 bits per heavy atom. The van der Waals surface area contributed by atoms with Crippen LogP contribution in [-0.2, 0) is 11.3 Å². The van der Waals surface area contributed by atoms with E-state index in [4.69, 9.17) is 16.3 Å². The van der Waals surface area contributed by atoms with Crippen LogP contribution >= 0.6 is 11.6 Å². The van der Waals surface area contributed by atoms with Gasteiger partial charge in [0.2, 0.25) is 5.95 Å². The van der Waals surface area contributed by atoms with Gasteiger partial charge in [-0.2, -0.15) is 0 Å². The SMILES string of the molecule is CNc1ncc(Cl)c(-c2ccc3c(c2)C(=O)N(CC(O)OC(C)(C)C)C3)n1. The first-order chi connectivity index (χ1) is 12.7. The Balaban J connectivity index is 1.83. The smallest absolute Gasteiger partial charge is 0.254 e. The van der Waals surface area contributed by atoms with Crippen molar-refractivity contribution in [1.29, 1.82) is 0 Å². The predicted molar refractivity (Wildman–Crippen MR) is 104 cm³/mol. The number of amides is 1. The number of hydrogen-bond donors (Lipinski definition) is 2. The maximum Gasteiger partial charge on any atom is 0.254 e. The van der Waals surface area contributed by atoms with Gasteiger partial charge in [-0.25, -0.2) is 9.97 Å². The minimum Gasteiger partial charge on any atom is -0.366 e. The van der Waals surface area contributed by atoms with Crippen molar-refractivity contribution in [2.45, 2.75) is 39.2 Å². The van der Waals surface area contributed by atoms with Crippen molar-refractivity contribution >= 4 is 23.5 Å². The Morgan fingerprint density at radius 2 is 2.15 bits per heavy atom. The molecule has 7 nitrogen and oxygen atoms in total. The molecular formula is C19H23ClN4O3. The van der Waals surface area contributed by atoms with Crippen molar-refractivity contribution in [1.82, 2.24) is 14.9 Å². The summed E-state index contributed by atoms with van der Waals surface area (Å²) in [6, 6.07) is 5.55. The molecule has 8 heteroatoms. The molecule has 0 bridgehead atoms. The molecule has 2 aromatic rings. The van der Waals surface area contributed by atoms with E-state index < -0.39 is 11.9 Å². The first-order valence-corrected chi connectivity index (χ1v) is 9.04. The van der Waals surface area contributed by atoms with Crippen LogP contribution in [0.4, 0.5) is 5.95 Å². The summed E-state index contributed by atoms with van der Waals surface area (Å²) in [6.45, 7) is 6.10. The third kappa shape index (κ3) is 4.37. The molecule has 27 heavy (non-hydrogen) atoms. The van der Waals surface area contributed by atoms with E-state index >= 15 is 0 Å². The standard InChI is InChI=1S/C19H23ClN4O3/c1-19(2,3)27-15(25)10-24-9-12-6-5-11(7-13(12)17(24)26)16-14(20)8-22-18(21-4)23-16/h5-8,15,25H,9-10H2,1-4H3,(H,21,22,23). The van der Waals surface area contributed by atoms with E-state index in [1.165, 1.54) is 6.20 Å². The van der Waals surface area contributed by atoms with Crippen molar-refractivity contribution < 1.29 is 14.6 Å². The van der Waals surface area contributed by atoms with E-state index in [9.17, 15) is 9.90 Å². The van der Waals surface area contributed by atoms with Gasteiger partial charge in [0.1, 0.15) is 0 Å². The van der Waals surface area contributed by atoms with Crippen LogP contribution in [0.5, 0.6) is 0 Å². The van der Waals surface area contributed by atoms with Crippen LogP contribution in [0.1, 0.15) is 36.7 Å². The number of aliphatic hydroxyl groups is 1. The molecule has 3 rings (SSSR count). The van der Waals surface area contributed by atoms with E-state index in [0.29, 0.717) is 28.8 Å². The van der Waals surface area contributed by atoms with Gasteiger partial charge >= 0.3 is 0 Å². The molecule has 2 heterocycles. The number of nitrogens with zero attached hydrogens (tertiary/aromatic N) is 3. The summed E-state index contributed by atoms with van der Waals surface area (Å²) in [5, 5.41) is 13.4. The van der Waals surface area contributed by atoms with Gasteiger partial charge in [-0.3, -0.25) is 4.79 Å². The third-order valence-corrected chi connectivity index (χ3v) is 4.37. The lowest BCUT2D eigenvalue weighted by molar-refractivity contribution is -0.170. The van der Waals surface area contributed by atoms with Crippen LogP contribution in [0, 0.1) is 0 Å². The van der Waals surface area contributed by atoms with Crippen LogP contribution in [0.3, 0.4) is 0 Å². The van der Waals surface area contributed by atoms with Crippen molar-refractivity contribution in [3.63, 3.8) is 0 Å². The number of nitrogens with one attached hydrogen (secondary N) is 1. The number of carbonyl (C=O) groups is 1. The second-order valence-electron chi connectivity index (χ2n) is 7.38. The van der Waals surface area contributed by atoms with Crippen molar-refractivity contribution in [3.8, 4) is 11.3 Å². The molecule has 1 amide bonds. The molecule has 0 radical (unpaired) electrons. The quantitative estimate of drug-likeness (QED) is 0.763. The van der Waals surface area contributed by atoms with Crippen LogP contribution in [0.15, 0.2) is 24.4 Å². The van der Waals surface area contributed by atoms with Crippen molar-refractivity contribution in [3.05, 3.63) is 40.5 Å². The lowest BCUT2D eigenvalue weighted by atomic mass is 10.0. The topological polar surface area (TPSA) is 87.6 Å². The van der Waals surface area contributed by atoms with Gasteiger partial charge in [-0.15, -0.1) is 0 Å². The highest BCUT2D eigenvalue weighted by molar-refractivity contribution is 6.33. The Hall–Kier alpha value is -2.22. The lowest BCUT2D eigenvalue weighted by Crippen LogP contribution is -2.38. The lowest BCUT2D eigenvalue weighted by Gasteiger charge is -2.27. The second kappa shape index (κ2) is 7.42. The zero-order valence-corrected chi connectivity index (χ0v) is 16.5. The second-order valence-corrected chi connectivity index (χ2v) is 7.79. The summed E-state index contributed by atoms with van der Waals surface area (Å²) in [5.74, 6) is 0.299. The van der Waals surface area contributed by atoms with Crippen molar-refractivity contribution in [2.24, 2.45) is 0 Å². The number of β-amino-alcohol motifs (C(OH)–C–C–N with tert-alkyl or cyclic N) is 1. The first kappa shape index (κ1) is 19.5. The maximum atomic E-state index is 12.8. The van der Waals surface area contributed by atoms with Gasteiger partial charge in [-0.1, -0.05) is 23.7 Å². The fraction of sp³-hybridized carbons (Fsp3) is 0.421. The van der Waals surface area contributed by atoms with E-state index in [1.54, 1.807) is 18.0 Å². The number of fused-ring (bicyclic) bond motifs is 1. The van der Waals surface area contributed by atoms with Gasteiger partial charge < -0.3 is 20.1 Å². The fourth-order valence-corrected chi connectivity index (χ4v) is 3.18. The number of anilines is 1. The highest BCUT2D eigenvalue weighted by Crippen LogP contribution is 2.31. The molecule has 0 fully saturated rings. The molecule has 1 atom stereocenters. The summed E-state index contributed by atoms with van der Waals surface area (Å²) in [4.78, 5) is 22.8. The van der Waals surface area contributed by atoms with Crippen LogP contribution in [0.2, 0.25) is 5.02 Å². The van der Waals surface area contributed by atoms with Gasteiger partial charge in [-0.05, 0) is 32.4 Å². The summed E-state index contributed by atoms with van der Waals surface area (Å²) in [6.07, 6.45) is 0.481. The zero-order valence-electron chi connectivity index (χ0n) is 15.8. The highest BCUT2D eigenvalue weighted by Gasteiger charge is 2.30. The Labute approximate surface area is 163 Å². The monoisotopic (exact) mass is 390 g/mol. The summed E-state index contributed by atoms with van der Waals surface area (Å²) in [5.41, 5.74) is 2.28. The number of rotatable bonds is 5. The average Bonchev–Trinajstić information content (AvgIpc) is 2.89. The van der Waals surface area contributed by atoms with Crippen LogP contribution in [0.25, 0.3) is 11.3 Å². The van der Waals surface area contributed by atoms with Gasteiger partial charge in [0.25, 0.3) is 5.91 Å².